The number of halogens is 1. The minimum Gasteiger partial charge on any atom is -0.494 e. The summed E-state index contributed by atoms with van der Waals surface area (Å²) in [5.74, 6) is -0.271. The summed E-state index contributed by atoms with van der Waals surface area (Å²) in [4.78, 5) is 30.9. The van der Waals surface area contributed by atoms with Crippen LogP contribution in [-0.4, -0.2) is 56.6 Å². The van der Waals surface area contributed by atoms with E-state index in [1.165, 1.54) is 16.7 Å². The monoisotopic (exact) mass is 737 g/mol. The van der Waals surface area contributed by atoms with Crippen LogP contribution in [0.5, 0.6) is 5.75 Å². The molecule has 0 aliphatic rings. The number of nitrogens with zero attached hydrogens (tertiary/aromatic N) is 2. The Morgan fingerprint density at radius 1 is 0.894 bits per heavy atom. The lowest BCUT2D eigenvalue weighted by atomic mass is 10.0. The summed E-state index contributed by atoms with van der Waals surface area (Å²) in [6.45, 7) is 5.59. The third-order valence-electron chi connectivity index (χ3n) is 7.31. The van der Waals surface area contributed by atoms with E-state index in [1.807, 2.05) is 81.6 Å². The highest BCUT2D eigenvalue weighted by Crippen LogP contribution is 2.28. The molecule has 4 rings (SSSR count). The lowest BCUT2D eigenvalue weighted by Gasteiger charge is -2.34. The smallest absolute Gasteiger partial charge is 0.264 e. The molecule has 47 heavy (non-hydrogen) atoms. The first-order valence-corrected chi connectivity index (χ1v) is 18.8. The predicted molar refractivity (Wildman–Crippen MR) is 192 cm³/mol. The largest absolute Gasteiger partial charge is 0.494 e. The molecule has 0 saturated carbocycles. The number of nitrogens with one attached hydrogen (secondary N) is 1. The maximum absolute atomic E-state index is 14.6. The van der Waals surface area contributed by atoms with Gasteiger partial charge in [-0.15, -0.1) is 11.8 Å². The summed E-state index contributed by atoms with van der Waals surface area (Å²) in [5.41, 5.74) is 1.95. The standard InChI is InChI=1S/C36H40BrN3O5S2/c1-5-45-31-16-14-30(15-17-31)40(47(43,44)33-20-18-32(46-4)19-21-33)25-35(41)39(24-28-12-9-13-29(37)22-28)34(36(42)38-26(2)3)23-27-10-7-6-8-11-27/h6-22,26,34H,5,23-25H2,1-4H3,(H,38,42). The Kier molecular flexibility index (Phi) is 12.9. The van der Waals surface area contributed by atoms with Crippen molar-refractivity contribution in [2.45, 2.75) is 55.6 Å². The fourth-order valence-corrected chi connectivity index (χ4v) is 7.31. The molecule has 1 N–H and O–H groups in total. The summed E-state index contributed by atoms with van der Waals surface area (Å²) in [5, 5.41) is 2.98. The molecule has 1 atom stereocenters. The fraction of sp³-hybridized carbons (Fsp3) is 0.278. The number of hydrogen-bond donors (Lipinski definition) is 1. The Labute approximate surface area is 290 Å². The van der Waals surface area contributed by atoms with Crippen molar-refractivity contribution in [2.75, 3.05) is 23.7 Å². The fourth-order valence-electron chi connectivity index (χ4n) is 5.05. The molecule has 0 aromatic heterocycles. The van der Waals surface area contributed by atoms with Crippen LogP contribution in [0, 0.1) is 0 Å². The topological polar surface area (TPSA) is 96.0 Å². The second-order valence-electron chi connectivity index (χ2n) is 11.1. The molecule has 8 nitrogen and oxygen atoms in total. The highest BCUT2D eigenvalue weighted by molar-refractivity contribution is 9.10. The summed E-state index contributed by atoms with van der Waals surface area (Å²) < 4.78 is 36.1. The van der Waals surface area contributed by atoms with Crippen LogP contribution >= 0.6 is 27.7 Å². The molecule has 0 heterocycles. The maximum atomic E-state index is 14.6. The molecule has 1 unspecified atom stereocenters. The molecule has 2 amide bonds. The normalized spacial score (nSPS) is 12.0. The number of sulfonamides is 1. The van der Waals surface area contributed by atoms with Gasteiger partial charge in [0.05, 0.1) is 17.2 Å². The molecule has 0 aliphatic heterocycles. The summed E-state index contributed by atoms with van der Waals surface area (Å²) in [6.07, 6.45) is 2.15. The zero-order valence-corrected chi connectivity index (χ0v) is 30.1. The summed E-state index contributed by atoms with van der Waals surface area (Å²) >= 11 is 5.01. The highest BCUT2D eigenvalue weighted by atomic mass is 79.9. The van der Waals surface area contributed by atoms with Gasteiger partial charge in [-0.3, -0.25) is 13.9 Å². The second-order valence-corrected chi connectivity index (χ2v) is 14.8. The lowest BCUT2D eigenvalue weighted by Crippen LogP contribution is -2.54. The number of hydrogen-bond acceptors (Lipinski definition) is 6. The van der Waals surface area contributed by atoms with Crippen molar-refractivity contribution < 1.29 is 22.7 Å². The minimum atomic E-state index is -4.21. The van der Waals surface area contributed by atoms with Crippen LogP contribution in [0.4, 0.5) is 5.69 Å². The average Bonchev–Trinajstić information content (AvgIpc) is 3.06. The Balaban J connectivity index is 1.81. The molecule has 4 aromatic carbocycles. The van der Waals surface area contributed by atoms with Gasteiger partial charge in [-0.2, -0.15) is 0 Å². The molecule has 0 spiro atoms. The van der Waals surface area contributed by atoms with Gasteiger partial charge in [-0.05, 0) is 98.8 Å². The molecule has 0 saturated heterocycles. The summed E-state index contributed by atoms with van der Waals surface area (Å²) in [7, 11) is -4.21. The summed E-state index contributed by atoms with van der Waals surface area (Å²) in [6, 6.07) is 29.0. The van der Waals surface area contributed by atoms with E-state index in [2.05, 4.69) is 21.2 Å². The quantitative estimate of drug-likeness (QED) is 0.133. The van der Waals surface area contributed by atoms with Gasteiger partial charge in [0.2, 0.25) is 11.8 Å². The minimum absolute atomic E-state index is 0.0499. The van der Waals surface area contributed by atoms with Crippen molar-refractivity contribution in [3.8, 4) is 5.75 Å². The van der Waals surface area contributed by atoms with Crippen molar-refractivity contribution in [3.05, 3.63) is 119 Å². The number of rotatable bonds is 15. The third kappa shape index (κ3) is 9.85. The predicted octanol–water partition coefficient (Wildman–Crippen LogP) is 6.93. The molecule has 0 fully saturated rings. The van der Waals surface area contributed by atoms with Crippen molar-refractivity contribution in [2.24, 2.45) is 0 Å². The zero-order chi connectivity index (χ0) is 34.0. The molecule has 4 aromatic rings. The third-order valence-corrected chi connectivity index (χ3v) is 10.3. The van der Waals surface area contributed by atoms with Crippen molar-refractivity contribution >= 4 is 55.2 Å². The highest BCUT2D eigenvalue weighted by Gasteiger charge is 2.35. The van der Waals surface area contributed by atoms with E-state index in [-0.39, 0.29) is 29.8 Å². The van der Waals surface area contributed by atoms with Gasteiger partial charge in [0.25, 0.3) is 10.0 Å². The van der Waals surface area contributed by atoms with Crippen molar-refractivity contribution in [1.82, 2.24) is 10.2 Å². The Bertz CT molecular complexity index is 1730. The molecule has 0 aliphatic carbocycles. The molecular formula is C36H40BrN3O5S2. The van der Waals surface area contributed by atoms with Crippen LogP contribution in [0.2, 0.25) is 0 Å². The Morgan fingerprint density at radius 3 is 2.15 bits per heavy atom. The number of carbonyl (C=O) groups excluding carboxylic acids is 2. The number of benzene rings is 4. The second kappa shape index (κ2) is 16.9. The van der Waals surface area contributed by atoms with Crippen LogP contribution in [0.1, 0.15) is 31.9 Å². The van der Waals surface area contributed by atoms with Crippen LogP contribution in [0.3, 0.4) is 0 Å². The molecule has 248 valence electrons. The van der Waals surface area contributed by atoms with Gasteiger partial charge in [0.1, 0.15) is 18.3 Å². The maximum Gasteiger partial charge on any atom is 0.264 e. The van der Waals surface area contributed by atoms with Crippen molar-refractivity contribution in [3.63, 3.8) is 0 Å². The van der Waals surface area contributed by atoms with E-state index in [1.54, 1.807) is 48.5 Å². The molecule has 11 heteroatoms. The first kappa shape index (κ1) is 36.0. The van der Waals surface area contributed by atoms with Gasteiger partial charge in [-0.1, -0.05) is 58.4 Å². The van der Waals surface area contributed by atoms with Gasteiger partial charge >= 0.3 is 0 Å². The van der Waals surface area contributed by atoms with Crippen molar-refractivity contribution in [1.29, 1.82) is 0 Å². The van der Waals surface area contributed by atoms with E-state index < -0.39 is 28.5 Å². The van der Waals surface area contributed by atoms with E-state index in [0.29, 0.717) is 18.0 Å². The average molecular weight is 739 g/mol. The first-order chi connectivity index (χ1) is 22.5. The molecule has 0 radical (unpaired) electrons. The van der Waals surface area contributed by atoms with Crippen LogP contribution in [0.15, 0.2) is 117 Å². The van der Waals surface area contributed by atoms with Gasteiger partial charge in [0.15, 0.2) is 0 Å². The first-order valence-electron chi connectivity index (χ1n) is 15.3. The van der Waals surface area contributed by atoms with Crippen LogP contribution in [0.25, 0.3) is 0 Å². The van der Waals surface area contributed by atoms with Crippen LogP contribution in [-0.2, 0) is 32.6 Å². The van der Waals surface area contributed by atoms with E-state index in [9.17, 15) is 18.0 Å². The van der Waals surface area contributed by atoms with Gasteiger partial charge in [-0.25, -0.2) is 8.42 Å². The number of thioether (sulfide) groups is 1. The SMILES string of the molecule is CCOc1ccc(N(CC(=O)N(Cc2cccc(Br)c2)C(Cc2ccccc2)C(=O)NC(C)C)S(=O)(=O)c2ccc(SC)cc2)cc1. The van der Waals surface area contributed by atoms with Gasteiger partial charge < -0.3 is 15.0 Å². The number of anilines is 1. The lowest BCUT2D eigenvalue weighted by molar-refractivity contribution is -0.140. The van der Waals surface area contributed by atoms with E-state index >= 15 is 0 Å². The van der Waals surface area contributed by atoms with Gasteiger partial charge in [0, 0.05) is 28.4 Å². The number of ether oxygens (including phenoxy) is 1. The van der Waals surface area contributed by atoms with E-state index in [0.717, 1.165) is 24.8 Å². The number of carbonyl (C=O) groups is 2. The molecule has 0 bridgehead atoms. The van der Waals surface area contributed by atoms with Crippen LogP contribution < -0.4 is 14.4 Å². The molecular weight excluding hydrogens is 698 g/mol. The zero-order valence-electron chi connectivity index (χ0n) is 26.9. The van der Waals surface area contributed by atoms with E-state index in [4.69, 9.17) is 4.74 Å². The Morgan fingerprint density at radius 2 is 1.55 bits per heavy atom. The Hall–Kier alpha value is -3.80. The number of amides is 2.